The molecule has 4 N–H and O–H groups in total. The minimum atomic E-state index is -0.564. The van der Waals surface area contributed by atoms with E-state index in [0.717, 1.165) is 18.9 Å². The standard InChI is InChI=1S/C17H30N4O2/c1-4-6-7-8-9-13(3)21-17(19-5-2)20-12-14-10-11-15(23-14)16(18)22/h10-11,13H,4-9,12H2,1-3H3,(H2,18,22)(H2,19,20,21). The Morgan fingerprint density at radius 1 is 1.30 bits per heavy atom. The lowest BCUT2D eigenvalue weighted by Crippen LogP contribution is -2.42. The molecule has 1 aromatic rings. The lowest BCUT2D eigenvalue weighted by atomic mass is 10.1. The molecule has 0 fully saturated rings. The zero-order chi connectivity index (χ0) is 17.1. The molecule has 0 saturated heterocycles. The van der Waals surface area contributed by atoms with E-state index in [4.69, 9.17) is 10.2 Å². The van der Waals surface area contributed by atoms with Gasteiger partial charge in [0.2, 0.25) is 0 Å². The van der Waals surface area contributed by atoms with Gasteiger partial charge in [-0.1, -0.05) is 32.6 Å². The number of nitrogens with two attached hydrogens (primary N) is 1. The Bertz CT molecular complexity index is 497. The summed E-state index contributed by atoms with van der Waals surface area (Å²) in [6, 6.07) is 3.66. The van der Waals surface area contributed by atoms with Gasteiger partial charge in [-0.25, -0.2) is 4.99 Å². The van der Waals surface area contributed by atoms with Gasteiger partial charge in [-0.15, -0.1) is 0 Å². The second-order valence-electron chi connectivity index (χ2n) is 5.72. The number of primary amides is 1. The number of nitrogens with one attached hydrogen (secondary N) is 2. The van der Waals surface area contributed by atoms with Crippen LogP contribution in [-0.2, 0) is 6.54 Å². The first kappa shape index (κ1) is 19.1. The molecule has 1 amide bonds. The van der Waals surface area contributed by atoms with E-state index in [0.29, 0.717) is 18.3 Å². The van der Waals surface area contributed by atoms with Crippen molar-refractivity contribution in [2.24, 2.45) is 10.7 Å². The van der Waals surface area contributed by atoms with E-state index in [1.165, 1.54) is 25.7 Å². The van der Waals surface area contributed by atoms with Crippen LogP contribution in [0.2, 0.25) is 0 Å². The highest BCUT2D eigenvalue weighted by Gasteiger charge is 2.08. The Morgan fingerprint density at radius 3 is 2.70 bits per heavy atom. The monoisotopic (exact) mass is 322 g/mol. The van der Waals surface area contributed by atoms with Crippen molar-refractivity contribution in [1.82, 2.24) is 10.6 Å². The number of hydrogen-bond acceptors (Lipinski definition) is 3. The van der Waals surface area contributed by atoms with E-state index < -0.39 is 5.91 Å². The fourth-order valence-electron chi connectivity index (χ4n) is 2.26. The number of amides is 1. The second kappa shape index (κ2) is 10.7. The number of furan rings is 1. The fourth-order valence-corrected chi connectivity index (χ4v) is 2.26. The molecule has 0 aliphatic heterocycles. The Kier molecular flexibility index (Phi) is 8.87. The van der Waals surface area contributed by atoms with Crippen LogP contribution in [0.3, 0.4) is 0 Å². The Morgan fingerprint density at radius 2 is 2.09 bits per heavy atom. The van der Waals surface area contributed by atoms with Crippen LogP contribution < -0.4 is 16.4 Å². The molecular formula is C17H30N4O2. The fraction of sp³-hybridized carbons (Fsp3) is 0.647. The zero-order valence-corrected chi connectivity index (χ0v) is 14.5. The van der Waals surface area contributed by atoms with Crippen molar-refractivity contribution in [1.29, 1.82) is 0 Å². The lowest BCUT2D eigenvalue weighted by Gasteiger charge is -2.17. The van der Waals surface area contributed by atoms with Gasteiger partial charge in [-0.3, -0.25) is 4.79 Å². The number of aliphatic imine (C=N–C) groups is 1. The van der Waals surface area contributed by atoms with Gasteiger partial charge >= 0.3 is 0 Å². The molecule has 0 aliphatic rings. The SMILES string of the molecule is CCCCCCC(C)NC(=NCc1ccc(C(N)=O)o1)NCC. The van der Waals surface area contributed by atoms with Crippen molar-refractivity contribution in [2.75, 3.05) is 6.54 Å². The van der Waals surface area contributed by atoms with Crippen molar-refractivity contribution >= 4 is 11.9 Å². The summed E-state index contributed by atoms with van der Waals surface area (Å²) in [6.07, 6.45) is 6.17. The number of carbonyl (C=O) groups excluding carboxylic acids is 1. The molecule has 0 aliphatic carbocycles. The molecule has 0 saturated carbocycles. The van der Waals surface area contributed by atoms with Crippen LogP contribution in [0.1, 0.15) is 69.2 Å². The van der Waals surface area contributed by atoms with E-state index >= 15 is 0 Å². The third kappa shape index (κ3) is 7.72. The highest BCUT2D eigenvalue weighted by molar-refractivity contribution is 5.89. The minimum absolute atomic E-state index is 0.164. The van der Waals surface area contributed by atoms with E-state index in [1.807, 2.05) is 6.92 Å². The number of carbonyl (C=O) groups is 1. The van der Waals surface area contributed by atoms with Gasteiger partial charge in [0.05, 0.1) is 0 Å². The molecule has 1 aromatic heterocycles. The van der Waals surface area contributed by atoms with Crippen LogP contribution >= 0.6 is 0 Å². The smallest absolute Gasteiger partial charge is 0.284 e. The Labute approximate surface area is 138 Å². The van der Waals surface area contributed by atoms with E-state index in [-0.39, 0.29) is 5.76 Å². The predicted molar refractivity (Wildman–Crippen MR) is 93.4 cm³/mol. The largest absolute Gasteiger partial charge is 0.454 e. The number of hydrogen-bond donors (Lipinski definition) is 3. The first-order valence-corrected chi connectivity index (χ1v) is 8.50. The topological polar surface area (TPSA) is 92.6 Å². The molecule has 1 unspecified atom stereocenters. The maximum Gasteiger partial charge on any atom is 0.284 e. The average molecular weight is 322 g/mol. The number of guanidine groups is 1. The van der Waals surface area contributed by atoms with Crippen molar-refractivity contribution in [2.45, 2.75) is 65.5 Å². The van der Waals surface area contributed by atoms with Crippen molar-refractivity contribution < 1.29 is 9.21 Å². The van der Waals surface area contributed by atoms with Crippen LogP contribution in [0.15, 0.2) is 21.5 Å². The van der Waals surface area contributed by atoms with Gasteiger partial charge in [-0.2, -0.15) is 0 Å². The Hall–Kier alpha value is -1.98. The van der Waals surface area contributed by atoms with Crippen LogP contribution in [0.5, 0.6) is 0 Å². The van der Waals surface area contributed by atoms with Crippen LogP contribution in [0, 0.1) is 0 Å². The molecule has 0 spiro atoms. The molecule has 0 bridgehead atoms. The van der Waals surface area contributed by atoms with Crippen molar-refractivity contribution in [3.05, 3.63) is 23.7 Å². The highest BCUT2D eigenvalue weighted by atomic mass is 16.3. The molecular weight excluding hydrogens is 292 g/mol. The van der Waals surface area contributed by atoms with Crippen molar-refractivity contribution in [3.63, 3.8) is 0 Å². The van der Waals surface area contributed by atoms with E-state index in [2.05, 4.69) is 29.5 Å². The number of rotatable bonds is 10. The average Bonchev–Trinajstić information content (AvgIpc) is 2.99. The summed E-state index contributed by atoms with van der Waals surface area (Å²) < 4.78 is 5.33. The van der Waals surface area contributed by atoms with Crippen LogP contribution in [-0.4, -0.2) is 24.5 Å². The van der Waals surface area contributed by atoms with Crippen LogP contribution in [0.25, 0.3) is 0 Å². The predicted octanol–water partition coefficient (Wildman–Crippen LogP) is 2.79. The molecule has 1 atom stereocenters. The van der Waals surface area contributed by atoms with Gasteiger partial charge in [-0.05, 0) is 32.4 Å². The van der Waals surface area contributed by atoms with Gasteiger partial charge in [0.1, 0.15) is 12.3 Å². The minimum Gasteiger partial charge on any atom is -0.454 e. The first-order valence-electron chi connectivity index (χ1n) is 8.50. The molecule has 0 radical (unpaired) electrons. The lowest BCUT2D eigenvalue weighted by molar-refractivity contribution is 0.0972. The summed E-state index contributed by atoms with van der Waals surface area (Å²) in [5.41, 5.74) is 5.17. The summed E-state index contributed by atoms with van der Waals surface area (Å²) >= 11 is 0. The second-order valence-corrected chi connectivity index (χ2v) is 5.72. The summed E-state index contributed by atoms with van der Waals surface area (Å²) in [5.74, 6) is 0.975. The molecule has 6 heteroatoms. The first-order chi connectivity index (χ1) is 11.1. The maximum atomic E-state index is 11.0. The van der Waals surface area contributed by atoms with E-state index in [1.54, 1.807) is 12.1 Å². The molecule has 6 nitrogen and oxygen atoms in total. The highest BCUT2D eigenvalue weighted by Crippen LogP contribution is 2.08. The molecule has 130 valence electrons. The summed E-state index contributed by atoms with van der Waals surface area (Å²) in [5, 5.41) is 6.62. The maximum absolute atomic E-state index is 11.0. The summed E-state index contributed by atoms with van der Waals surface area (Å²) in [6.45, 7) is 7.57. The van der Waals surface area contributed by atoms with Gasteiger partial charge < -0.3 is 20.8 Å². The summed E-state index contributed by atoms with van der Waals surface area (Å²) in [4.78, 5) is 15.5. The molecule has 0 aromatic carbocycles. The van der Waals surface area contributed by atoms with E-state index in [9.17, 15) is 4.79 Å². The van der Waals surface area contributed by atoms with Gasteiger partial charge in [0.25, 0.3) is 5.91 Å². The normalized spacial score (nSPS) is 12.9. The van der Waals surface area contributed by atoms with Gasteiger partial charge in [0, 0.05) is 12.6 Å². The third-order valence-electron chi connectivity index (χ3n) is 3.52. The molecule has 1 rings (SSSR count). The molecule has 1 heterocycles. The zero-order valence-electron chi connectivity index (χ0n) is 14.5. The quantitative estimate of drug-likeness (QED) is 0.351. The van der Waals surface area contributed by atoms with Crippen LogP contribution in [0.4, 0.5) is 0 Å². The Balaban J connectivity index is 2.49. The van der Waals surface area contributed by atoms with Crippen molar-refractivity contribution in [3.8, 4) is 0 Å². The van der Waals surface area contributed by atoms with Gasteiger partial charge in [0.15, 0.2) is 11.7 Å². The molecule has 23 heavy (non-hydrogen) atoms. The summed E-state index contributed by atoms with van der Waals surface area (Å²) in [7, 11) is 0. The number of nitrogens with zero attached hydrogens (tertiary/aromatic N) is 1. The number of unbranched alkanes of at least 4 members (excludes halogenated alkanes) is 3. The third-order valence-corrected chi connectivity index (χ3v) is 3.52.